The largest absolute Gasteiger partial charge is 0.618 e. The summed E-state index contributed by atoms with van der Waals surface area (Å²) >= 11 is 1.25. The van der Waals surface area contributed by atoms with Crippen molar-refractivity contribution in [2.45, 2.75) is 36.5 Å². The Labute approximate surface area is 152 Å². The van der Waals surface area contributed by atoms with Gasteiger partial charge in [-0.1, -0.05) is 0 Å². The number of carbonyl (C=O) groups excluding carboxylic acids is 1. The molecule has 1 N–H and O–H groups in total. The number of benzene rings is 1. The molecule has 0 unspecified atom stereocenters. The summed E-state index contributed by atoms with van der Waals surface area (Å²) in [5, 5.41) is 14.8. The van der Waals surface area contributed by atoms with Gasteiger partial charge in [0.1, 0.15) is 0 Å². The molecule has 2 aromatic rings. The molecule has 3 rings (SSSR count). The molecule has 0 aliphatic carbocycles. The molecule has 1 fully saturated rings. The molecule has 5 nitrogen and oxygen atoms in total. The van der Waals surface area contributed by atoms with Gasteiger partial charge in [-0.05, 0) is 68.3 Å². The van der Waals surface area contributed by atoms with Gasteiger partial charge in [0.15, 0.2) is 6.20 Å². The lowest BCUT2D eigenvalue weighted by molar-refractivity contribution is -0.645. The van der Waals surface area contributed by atoms with Crippen molar-refractivity contribution in [3.63, 3.8) is 0 Å². The van der Waals surface area contributed by atoms with Crippen molar-refractivity contribution in [1.82, 2.24) is 0 Å². The predicted octanol–water partition coefficient (Wildman–Crippen LogP) is 3.43. The molecule has 1 amide bonds. The summed E-state index contributed by atoms with van der Waals surface area (Å²) in [7, 11) is 0. The van der Waals surface area contributed by atoms with Crippen LogP contribution in [0.1, 0.15) is 26.2 Å². The molecule has 1 aliphatic rings. The van der Waals surface area contributed by atoms with Crippen LogP contribution in [-0.2, 0) is 4.79 Å². The predicted molar refractivity (Wildman–Crippen MR) is 102 cm³/mol. The molecule has 132 valence electrons. The van der Waals surface area contributed by atoms with Crippen LogP contribution in [0.3, 0.4) is 0 Å². The van der Waals surface area contributed by atoms with Crippen molar-refractivity contribution in [3.8, 4) is 0 Å². The van der Waals surface area contributed by atoms with Crippen LogP contribution in [0.25, 0.3) is 0 Å². The lowest BCUT2D eigenvalue weighted by atomic mass is 10.1. The molecule has 0 radical (unpaired) electrons. The number of thioether (sulfide) groups is 1. The fraction of sp³-hybridized carbons (Fsp3) is 0.368. The molecule has 1 saturated heterocycles. The molecular weight excluding hydrogens is 334 g/mol. The first-order chi connectivity index (χ1) is 12.1. The Morgan fingerprint density at radius 2 is 1.88 bits per heavy atom. The zero-order valence-corrected chi connectivity index (χ0v) is 15.2. The number of nitrogens with zero attached hydrogens (tertiary/aromatic N) is 2. The maximum Gasteiger partial charge on any atom is 0.252 e. The average molecular weight is 357 g/mol. The van der Waals surface area contributed by atoms with Crippen molar-refractivity contribution in [1.29, 1.82) is 0 Å². The van der Waals surface area contributed by atoms with Gasteiger partial charge in [-0.15, -0.1) is 0 Å². The van der Waals surface area contributed by atoms with E-state index in [1.54, 1.807) is 25.1 Å². The van der Waals surface area contributed by atoms with E-state index in [4.69, 9.17) is 0 Å². The molecule has 25 heavy (non-hydrogen) atoms. The number of hydrogen-bond acceptors (Lipinski definition) is 4. The second-order valence-electron chi connectivity index (χ2n) is 6.21. The number of piperidine rings is 1. The van der Waals surface area contributed by atoms with Crippen molar-refractivity contribution >= 4 is 29.0 Å². The SMILES string of the molecule is C[C@@H](Sc1cccc[n+]1[O-])C(=O)Nc1ccc(N2CCCCC2)cc1. The van der Waals surface area contributed by atoms with Crippen LogP contribution in [-0.4, -0.2) is 24.2 Å². The molecule has 1 aliphatic heterocycles. The Bertz CT molecular complexity index is 715. The lowest BCUT2D eigenvalue weighted by Crippen LogP contribution is -2.30. The van der Waals surface area contributed by atoms with E-state index in [9.17, 15) is 10.0 Å². The van der Waals surface area contributed by atoms with Gasteiger partial charge in [0, 0.05) is 36.6 Å². The second kappa shape index (κ2) is 8.25. The Morgan fingerprint density at radius 1 is 1.16 bits per heavy atom. The van der Waals surface area contributed by atoms with E-state index in [1.807, 2.05) is 12.1 Å². The van der Waals surface area contributed by atoms with Crippen molar-refractivity contribution < 1.29 is 9.52 Å². The van der Waals surface area contributed by atoms with Gasteiger partial charge in [-0.25, -0.2) is 0 Å². The number of hydrogen-bond donors (Lipinski definition) is 1. The van der Waals surface area contributed by atoms with Gasteiger partial charge in [0.2, 0.25) is 5.91 Å². The summed E-state index contributed by atoms with van der Waals surface area (Å²) in [6.45, 7) is 4.01. The Kier molecular flexibility index (Phi) is 5.81. The second-order valence-corrected chi connectivity index (χ2v) is 7.57. The smallest absolute Gasteiger partial charge is 0.252 e. The summed E-state index contributed by atoms with van der Waals surface area (Å²) in [5.74, 6) is -0.112. The van der Waals surface area contributed by atoms with E-state index in [-0.39, 0.29) is 11.2 Å². The third-order valence-corrected chi connectivity index (χ3v) is 5.44. The van der Waals surface area contributed by atoms with E-state index in [2.05, 4.69) is 22.3 Å². The third kappa shape index (κ3) is 4.66. The monoisotopic (exact) mass is 357 g/mol. The van der Waals surface area contributed by atoms with E-state index in [0.717, 1.165) is 23.5 Å². The number of aromatic nitrogens is 1. The molecule has 2 heterocycles. The van der Waals surface area contributed by atoms with Crippen molar-refractivity contribution in [2.24, 2.45) is 0 Å². The first-order valence-corrected chi connectivity index (χ1v) is 9.52. The third-order valence-electron chi connectivity index (χ3n) is 4.31. The summed E-state index contributed by atoms with van der Waals surface area (Å²) in [5.41, 5.74) is 1.98. The fourth-order valence-electron chi connectivity index (χ4n) is 2.89. The highest BCUT2D eigenvalue weighted by Crippen LogP contribution is 2.24. The number of nitrogens with one attached hydrogen (secondary N) is 1. The van der Waals surface area contributed by atoms with Crippen molar-refractivity contribution in [2.75, 3.05) is 23.3 Å². The Hall–Kier alpha value is -2.21. The number of carbonyl (C=O) groups is 1. The summed E-state index contributed by atoms with van der Waals surface area (Å²) in [6, 6.07) is 13.2. The van der Waals surface area contributed by atoms with Crippen LogP contribution in [0.2, 0.25) is 0 Å². The first kappa shape index (κ1) is 17.6. The molecular formula is C19H23N3O2S. The van der Waals surface area contributed by atoms with E-state index < -0.39 is 0 Å². The fourth-order valence-corrected chi connectivity index (χ4v) is 3.74. The van der Waals surface area contributed by atoms with Crippen LogP contribution in [0.4, 0.5) is 11.4 Å². The number of pyridine rings is 1. The number of amides is 1. The first-order valence-electron chi connectivity index (χ1n) is 8.64. The van der Waals surface area contributed by atoms with E-state index >= 15 is 0 Å². The Balaban J connectivity index is 1.57. The summed E-state index contributed by atoms with van der Waals surface area (Å²) < 4.78 is 0.780. The molecule has 6 heteroatoms. The van der Waals surface area contributed by atoms with Gasteiger partial charge in [-0.3, -0.25) is 4.79 Å². The zero-order valence-electron chi connectivity index (χ0n) is 14.4. The van der Waals surface area contributed by atoms with E-state index in [1.165, 1.54) is 42.9 Å². The normalized spacial score (nSPS) is 15.6. The molecule has 0 saturated carbocycles. The highest BCUT2D eigenvalue weighted by Gasteiger charge is 2.19. The summed E-state index contributed by atoms with van der Waals surface area (Å²) in [4.78, 5) is 14.7. The highest BCUT2D eigenvalue weighted by molar-refractivity contribution is 8.00. The minimum absolute atomic E-state index is 0.112. The Morgan fingerprint density at radius 3 is 2.56 bits per heavy atom. The maximum absolute atomic E-state index is 12.4. The quantitative estimate of drug-likeness (QED) is 0.506. The molecule has 0 spiro atoms. The number of rotatable bonds is 5. The van der Waals surface area contributed by atoms with Gasteiger partial charge in [0.25, 0.3) is 5.03 Å². The van der Waals surface area contributed by atoms with Crippen LogP contribution in [0.5, 0.6) is 0 Å². The minimum Gasteiger partial charge on any atom is -0.618 e. The molecule has 1 aromatic heterocycles. The molecule has 1 aromatic carbocycles. The van der Waals surface area contributed by atoms with Gasteiger partial charge < -0.3 is 15.4 Å². The van der Waals surface area contributed by atoms with Crippen LogP contribution < -0.4 is 14.9 Å². The van der Waals surface area contributed by atoms with Gasteiger partial charge >= 0.3 is 0 Å². The van der Waals surface area contributed by atoms with Gasteiger partial charge in [0.05, 0.1) is 5.25 Å². The number of anilines is 2. The van der Waals surface area contributed by atoms with Crippen molar-refractivity contribution in [3.05, 3.63) is 53.9 Å². The average Bonchev–Trinajstić information content (AvgIpc) is 2.65. The topological polar surface area (TPSA) is 59.3 Å². The molecule has 0 bridgehead atoms. The van der Waals surface area contributed by atoms with Crippen LogP contribution in [0, 0.1) is 5.21 Å². The van der Waals surface area contributed by atoms with Crippen LogP contribution >= 0.6 is 11.8 Å². The lowest BCUT2D eigenvalue weighted by Gasteiger charge is -2.28. The zero-order chi connectivity index (χ0) is 17.6. The minimum atomic E-state index is -0.357. The van der Waals surface area contributed by atoms with Crippen LogP contribution in [0.15, 0.2) is 53.7 Å². The van der Waals surface area contributed by atoms with E-state index in [0.29, 0.717) is 5.03 Å². The standard InChI is InChI=1S/C19H23N3O2S/c1-15(25-18-7-3-6-14-22(18)24)19(23)20-16-8-10-17(11-9-16)21-12-4-2-5-13-21/h3,6-11,14-15H,2,4-5,12-13H2,1H3,(H,20,23)/t15-/m1/s1. The molecule has 1 atom stereocenters. The van der Waals surface area contributed by atoms with Gasteiger partial charge in [-0.2, -0.15) is 4.73 Å². The highest BCUT2D eigenvalue weighted by atomic mass is 32.2. The maximum atomic E-state index is 12.4. The summed E-state index contributed by atoms with van der Waals surface area (Å²) in [6.07, 6.45) is 5.23.